The number of aromatic amines is 1. The quantitative estimate of drug-likeness (QED) is 0.598. The number of rotatable bonds is 5. The normalized spacial score (nSPS) is 15.3. The minimum Gasteiger partial charge on any atom is -0.394 e. The van der Waals surface area contributed by atoms with Crippen LogP contribution in [0.25, 0.3) is 10.9 Å². The van der Waals surface area contributed by atoms with Crippen LogP contribution in [0.15, 0.2) is 54.6 Å². The maximum atomic E-state index is 13.1. The van der Waals surface area contributed by atoms with Crippen molar-refractivity contribution >= 4 is 28.4 Å². The fourth-order valence-electron chi connectivity index (χ4n) is 3.67. The largest absolute Gasteiger partial charge is 0.394 e. The summed E-state index contributed by atoms with van der Waals surface area (Å²) < 4.78 is 13.1. The molecule has 7 nitrogen and oxygen atoms in total. The zero-order valence-corrected chi connectivity index (χ0v) is 16.3. The zero-order chi connectivity index (χ0) is 21.1. The maximum Gasteiger partial charge on any atom is 0.268 e. The van der Waals surface area contributed by atoms with Gasteiger partial charge in [0.15, 0.2) is 0 Å². The van der Waals surface area contributed by atoms with Crippen molar-refractivity contribution in [1.29, 1.82) is 0 Å². The average molecular weight is 410 g/mol. The number of hydrogen-bond acceptors (Lipinski definition) is 4. The molecule has 0 spiro atoms. The summed E-state index contributed by atoms with van der Waals surface area (Å²) >= 11 is 0. The van der Waals surface area contributed by atoms with Gasteiger partial charge < -0.3 is 25.2 Å². The van der Waals surface area contributed by atoms with Gasteiger partial charge in [0.05, 0.1) is 6.61 Å². The molecule has 156 valence electrons. The van der Waals surface area contributed by atoms with Gasteiger partial charge in [0.2, 0.25) is 5.91 Å². The predicted molar refractivity (Wildman–Crippen MR) is 112 cm³/mol. The number of amides is 2. The summed E-state index contributed by atoms with van der Waals surface area (Å²) in [6.07, 6.45) is 0. The lowest BCUT2D eigenvalue weighted by Crippen LogP contribution is -2.56. The summed E-state index contributed by atoms with van der Waals surface area (Å²) in [5, 5.41) is 13.2. The van der Waals surface area contributed by atoms with E-state index in [1.807, 2.05) is 24.3 Å². The van der Waals surface area contributed by atoms with Crippen molar-refractivity contribution in [3.05, 3.63) is 66.1 Å². The molecule has 2 aromatic carbocycles. The summed E-state index contributed by atoms with van der Waals surface area (Å²) in [5.74, 6) is -1.05. The number of nitrogens with one attached hydrogen (secondary N) is 2. The number of carbonyl (C=O) groups is 2. The average Bonchev–Trinajstić information content (AvgIpc) is 3.22. The summed E-state index contributed by atoms with van der Waals surface area (Å²) in [6.45, 7) is 1.60. The second-order valence-corrected chi connectivity index (χ2v) is 7.27. The first-order valence-electron chi connectivity index (χ1n) is 9.84. The minimum atomic E-state index is -1.01. The topological polar surface area (TPSA) is 88.7 Å². The molecule has 1 aliphatic rings. The van der Waals surface area contributed by atoms with Crippen molar-refractivity contribution in [2.24, 2.45) is 0 Å². The first-order chi connectivity index (χ1) is 14.5. The van der Waals surface area contributed by atoms with E-state index in [9.17, 15) is 19.1 Å². The number of para-hydroxylation sites is 1. The Kier molecular flexibility index (Phi) is 5.67. The fraction of sp³-hybridized carbons (Fsp3) is 0.273. The van der Waals surface area contributed by atoms with Crippen LogP contribution in [0.2, 0.25) is 0 Å². The third-order valence-corrected chi connectivity index (χ3v) is 5.34. The number of H-pyrrole nitrogens is 1. The lowest BCUT2D eigenvalue weighted by Gasteiger charge is -2.37. The van der Waals surface area contributed by atoms with Crippen LogP contribution in [0.5, 0.6) is 0 Å². The summed E-state index contributed by atoms with van der Waals surface area (Å²) in [6, 6.07) is 14.4. The van der Waals surface area contributed by atoms with Crippen LogP contribution in [-0.4, -0.2) is 65.6 Å². The van der Waals surface area contributed by atoms with Crippen LogP contribution < -0.4 is 10.2 Å². The molecule has 0 radical (unpaired) electrons. The molecule has 1 aromatic heterocycles. The molecule has 0 bridgehead atoms. The van der Waals surface area contributed by atoms with E-state index in [2.05, 4.69) is 15.2 Å². The maximum absolute atomic E-state index is 13.1. The van der Waals surface area contributed by atoms with Crippen LogP contribution in [-0.2, 0) is 4.79 Å². The fourth-order valence-corrected chi connectivity index (χ4v) is 3.67. The minimum absolute atomic E-state index is 0.288. The second kappa shape index (κ2) is 8.54. The molecule has 0 saturated carbocycles. The molecule has 2 amide bonds. The molecule has 1 aliphatic heterocycles. The van der Waals surface area contributed by atoms with Gasteiger partial charge in [0, 0.05) is 42.8 Å². The highest BCUT2D eigenvalue weighted by Crippen LogP contribution is 2.18. The molecule has 1 fully saturated rings. The number of benzene rings is 2. The van der Waals surface area contributed by atoms with Gasteiger partial charge in [-0.25, -0.2) is 4.39 Å². The SMILES string of the molecule is O=C(NC(CO)C(=O)N1CCN(c2ccc(F)cc2)CC1)c1cc2ccccc2[nH]1. The summed E-state index contributed by atoms with van der Waals surface area (Å²) in [5.41, 5.74) is 2.06. The van der Waals surface area contributed by atoms with E-state index in [0.29, 0.717) is 31.9 Å². The van der Waals surface area contributed by atoms with Crippen LogP contribution in [0, 0.1) is 5.82 Å². The van der Waals surface area contributed by atoms with E-state index in [0.717, 1.165) is 16.6 Å². The molecule has 0 aliphatic carbocycles. The molecular formula is C22H23FN4O3. The van der Waals surface area contributed by atoms with Crippen LogP contribution in [0.3, 0.4) is 0 Å². The lowest BCUT2D eigenvalue weighted by molar-refractivity contribution is -0.134. The van der Waals surface area contributed by atoms with Crippen molar-refractivity contribution in [1.82, 2.24) is 15.2 Å². The highest BCUT2D eigenvalue weighted by molar-refractivity contribution is 6.00. The number of halogens is 1. The molecule has 1 unspecified atom stereocenters. The first kappa shape index (κ1) is 19.9. The molecule has 2 heterocycles. The van der Waals surface area contributed by atoms with Gasteiger partial charge in [-0.05, 0) is 36.4 Å². The van der Waals surface area contributed by atoms with Gasteiger partial charge in [0.1, 0.15) is 17.6 Å². The number of fused-ring (bicyclic) bond motifs is 1. The molecule has 4 rings (SSSR count). The standard InChI is InChI=1S/C22H23FN4O3/c23-16-5-7-17(8-6-16)26-9-11-27(12-10-26)22(30)20(14-28)25-21(29)19-13-15-3-1-2-4-18(15)24-19/h1-8,13,20,24,28H,9-12,14H2,(H,25,29). The van der Waals surface area contributed by atoms with Crippen molar-refractivity contribution in [2.75, 3.05) is 37.7 Å². The van der Waals surface area contributed by atoms with E-state index in [4.69, 9.17) is 0 Å². The highest BCUT2D eigenvalue weighted by Gasteiger charge is 2.29. The van der Waals surface area contributed by atoms with E-state index in [1.54, 1.807) is 23.1 Å². The molecular weight excluding hydrogens is 387 g/mol. The van der Waals surface area contributed by atoms with Crippen molar-refractivity contribution in [3.8, 4) is 0 Å². The van der Waals surface area contributed by atoms with E-state index >= 15 is 0 Å². The number of anilines is 1. The number of aliphatic hydroxyl groups excluding tert-OH is 1. The van der Waals surface area contributed by atoms with Gasteiger partial charge >= 0.3 is 0 Å². The Hall–Kier alpha value is -3.39. The number of piperazine rings is 1. The summed E-state index contributed by atoms with van der Waals surface area (Å²) in [7, 11) is 0. The Morgan fingerprint density at radius 3 is 2.43 bits per heavy atom. The van der Waals surface area contributed by atoms with Gasteiger partial charge in [-0.3, -0.25) is 9.59 Å². The smallest absolute Gasteiger partial charge is 0.268 e. The van der Waals surface area contributed by atoms with Crippen LogP contribution in [0.1, 0.15) is 10.5 Å². The second-order valence-electron chi connectivity index (χ2n) is 7.27. The van der Waals surface area contributed by atoms with Crippen LogP contribution >= 0.6 is 0 Å². The van der Waals surface area contributed by atoms with Crippen molar-refractivity contribution in [2.45, 2.75) is 6.04 Å². The number of aliphatic hydroxyl groups is 1. The molecule has 1 atom stereocenters. The lowest BCUT2D eigenvalue weighted by atomic mass is 10.2. The van der Waals surface area contributed by atoms with Crippen molar-refractivity contribution in [3.63, 3.8) is 0 Å². The predicted octanol–water partition coefficient (Wildman–Crippen LogP) is 1.75. The third kappa shape index (κ3) is 4.13. The van der Waals surface area contributed by atoms with E-state index in [-0.39, 0.29) is 11.7 Å². The summed E-state index contributed by atoms with van der Waals surface area (Å²) in [4.78, 5) is 32.1. The van der Waals surface area contributed by atoms with Crippen molar-refractivity contribution < 1.29 is 19.1 Å². The van der Waals surface area contributed by atoms with E-state index < -0.39 is 18.6 Å². The molecule has 8 heteroatoms. The number of hydrogen-bond donors (Lipinski definition) is 3. The third-order valence-electron chi connectivity index (χ3n) is 5.34. The highest BCUT2D eigenvalue weighted by atomic mass is 19.1. The molecule has 3 aromatic rings. The van der Waals surface area contributed by atoms with Gasteiger partial charge in [-0.1, -0.05) is 18.2 Å². The monoisotopic (exact) mass is 410 g/mol. The molecule has 30 heavy (non-hydrogen) atoms. The van der Waals surface area contributed by atoms with E-state index in [1.165, 1.54) is 12.1 Å². The first-order valence-corrected chi connectivity index (χ1v) is 9.84. The molecule has 1 saturated heterocycles. The Bertz CT molecular complexity index is 1010. The van der Waals surface area contributed by atoms with Gasteiger partial charge in [0.25, 0.3) is 5.91 Å². The van der Waals surface area contributed by atoms with Gasteiger partial charge in [-0.15, -0.1) is 0 Å². The number of carbonyl (C=O) groups excluding carboxylic acids is 2. The number of nitrogens with zero attached hydrogens (tertiary/aromatic N) is 2. The Labute approximate surface area is 173 Å². The van der Waals surface area contributed by atoms with Gasteiger partial charge in [-0.2, -0.15) is 0 Å². The Balaban J connectivity index is 1.36. The Morgan fingerprint density at radius 2 is 1.77 bits per heavy atom. The van der Waals surface area contributed by atoms with Crippen LogP contribution in [0.4, 0.5) is 10.1 Å². The Morgan fingerprint density at radius 1 is 1.07 bits per heavy atom. The zero-order valence-electron chi connectivity index (χ0n) is 16.3. The number of aromatic nitrogens is 1. The molecule has 3 N–H and O–H groups in total.